The largest absolute Gasteiger partial charge is 0.392 e. The second-order valence-electron chi connectivity index (χ2n) is 2.34. The van der Waals surface area contributed by atoms with Crippen molar-refractivity contribution in [1.29, 1.82) is 0 Å². The lowest BCUT2D eigenvalue weighted by Crippen LogP contribution is -1.88. The lowest BCUT2D eigenvalue weighted by atomic mass is 10.2. The number of hydrogen-bond donors (Lipinski definition) is 1. The van der Waals surface area contributed by atoms with Crippen LogP contribution in [0.2, 0.25) is 0 Å². The van der Waals surface area contributed by atoms with Crippen LogP contribution in [0.15, 0.2) is 11.6 Å². The highest BCUT2D eigenvalue weighted by Crippen LogP contribution is 1.96. The normalized spacial score (nSPS) is 12.1. The highest BCUT2D eigenvalue weighted by molar-refractivity contribution is 4.97. The Balaban J connectivity index is 3.16. The minimum Gasteiger partial charge on any atom is -0.392 e. The molecule has 0 amide bonds. The van der Waals surface area contributed by atoms with Gasteiger partial charge in [-0.05, 0) is 19.8 Å². The molecule has 0 aliphatic heterocycles. The summed E-state index contributed by atoms with van der Waals surface area (Å²) in [5, 5.41) is 8.59. The van der Waals surface area contributed by atoms with E-state index in [1.165, 1.54) is 0 Å². The number of allylic oxidation sites excluding steroid dienone is 1. The van der Waals surface area contributed by atoms with Crippen molar-refractivity contribution in [3.8, 4) is 0 Å². The lowest BCUT2D eigenvalue weighted by Gasteiger charge is -1.95. The number of hydrogen-bond acceptors (Lipinski definition) is 2. The van der Waals surface area contributed by atoms with Crippen molar-refractivity contribution in [2.75, 3.05) is 20.3 Å². The zero-order chi connectivity index (χ0) is 7.82. The number of rotatable bonds is 5. The van der Waals surface area contributed by atoms with E-state index in [1.807, 2.05) is 13.0 Å². The standard InChI is InChI=1S/C8H16O2/c1-8(7-9)5-3-4-6-10-2/h5,9H,3-4,6-7H2,1-2H3/b8-5-. The van der Waals surface area contributed by atoms with E-state index >= 15 is 0 Å². The predicted octanol–water partition coefficient (Wildman–Crippen LogP) is 1.35. The van der Waals surface area contributed by atoms with E-state index in [0.717, 1.165) is 25.0 Å². The topological polar surface area (TPSA) is 29.5 Å². The van der Waals surface area contributed by atoms with Crippen molar-refractivity contribution >= 4 is 0 Å². The fourth-order valence-electron chi connectivity index (χ4n) is 0.641. The van der Waals surface area contributed by atoms with Crippen LogP contribution in [0.4, 0.5) is 0 Å². The number of unbranched alkanes of at least 4 members (excludes halogenated alkanes) is 1. The van der Waals surface area contributed by atoms with Gasteiger partial charge in [0.1, 0.15) is 0 Å². The molecule has 0 aromatic carbocycles. The molecule has 0 aromatic rings. The van der Waals surface area contributed by atoms with Crippen molar-refractivity contribution in [1.82, 2.24) is 0 Å². The molecule has 0 unspecified atom stereocenters. The van der Waals surface area contributed by atoms with Gasteiger partial charge in [0.05, 0.1) is 6.61 Å². The Morgan fingerprint density at radius 1 is 1.60 bits per heavy atom. The maximum atomic E-state index is 8.59. The fraction of sp³-hybridized carbons (Fsp3) is 0.750. The van der Waals surface area contributed by atoms with Gasteiger partial charge in [0, 0.05) is 13.7 Å². The molecule has 1 N–H and O–H groups in total. The average molecular weight is 144 g/mol. The third-order valence-corrected chi connectivity index (χ3v) is 1.29. The lowest BCUT2D eigenvalue weighted by molar-refractivity contribution is 0.195. The first-order valence-electron chi connectivity index (χ1n) is 3.56. The maximum absolute atomic E-state index is 8.59. The molecule has 10 heavy (non-hydrogen) atoms. The summed E-state index contributed by atoms with van der Waals surface area (Å²) < 4.78 is 4.87. The van der Waals surface area contributed by atoms with Crippen LogP contribution in [0.5, 0.6) is 0 Å². The van der Waals surface area contributed by atoms with Crippen LogP contribution in [0.1, 0.15) is 19.8 Å². The van der Waals surface area contributed by atoms with Gasteiger partial charge in [-0.2, -0.15) is 0 Å². The van der Waals surface area contributed by atoms with E-state index in [2.05, 4.69) is 0 Å². The molecule has 0 spiro atoms. The molecule has 0 saturated carbocycles. The van der Waals surface area contributed by atoms with Crippen molar-refractivity contribution in [3.63, 3.8) is 0 Å². The Bertz CT molecular complexity index is 97.4. The summed E-state index contributed by atoms with van der Waals surface area (Å²) in [5.74, 6) is 0. The van der Waals surface area contributed by atoms with Gasteiger partial charge in [0.2, 0.25) is 0 Å². The molecule has 0 rings (SSSR count). The van der Waals surface area contributed by atoms with E-state index in [9.17, 15) is 0 Å². The Morgan fingerprint density at radius 2 is 2.30 bits per heavy atom. The molecule has 0 heterocycles. The number of aliphatic hydroxyl groups excluding tert-OH is 1. The van der Waals surface area contributed by atoms with Crippen LogP contribution < -0.4 is 0 Å². The number of methoxy groups -OCH3 is 1. The predicted molar refractivity (Wildman–Crippen MR) is 42.0 cm³/mol. The van der Waals surface area contributed by atoms with Crippen molar-refractivity contribution in [3.05, 3.63) is 11.6 Å². The van der Waals surface area contributed by atoms with Crippen LogP contribution in [0, 0.1) is 0 Å². The summed E-state index contributed by atoms with van der Waals surface area (Å²) in [4.78, 5) is 0. The van der Waals surface area contributed by atoms with Crippen LogP contribution in [0.3, 0.4) is 0 Å². The van der Waals surface area contributed by atoms with Crippen molar-refractivity contribution in [2.45, 2.75) is 19.8 Å². The summed E-state index contributed by atoms with van der Waals surface area (Å²) in [6.45, 7) is 2.90. The third kappa shape index (κ3) is 5.79. The molecule has 0 atom stereocenters. The summed E-state index contributed by atoms with van der Waals surface area (Å²) in [5.41, 5.74) is 1.04. The van der Waals surface area contributed by atoms with Crippen LogP contribution >= 0.6 is 0 Å². The van der Waals surface area contributed by atoms with Gasteiger partial charge in [-0.3, -0.25) is 0 Å². The van der Waals surface area contributed by atoms with E-state index in [-0.39, 0.29) is 6.61 Å². The number of ether oxygens (including phenoxy) is 1. The molecule has 0 radical (unpaired) electrons. The van der Waals surface area contributed by atoms with Gasteiger partial charge in [0.25, 0.3) is 0 Å². The SMILES string of the molecule is COCCC/C=C(/C)CO. The zero-order valence-electron chi connectivity index (χ0n) is 6.76. The summed E-state index contributed by atoms with van der Waals surface area (Å²) in [6.07, 6.45) is 4.08. The molecular formula is C8H16O2. The van der Waals surface area contributed by atoms with Crippen molar-refractivity contribution < 1.29 is 9.84 Å². The van der Waals surface area contributed by atoms with Crippen molar-refractivity contribution in [2.24, 2.45) is 0 Å². The molecule has 0 fully saturated rings. The van der Waals surface area contributed by atoms with E-state index in [1.54, 1.807) is 7.11 Å². The van der Waals surface area contributed by atoms with Gasteiger partial charge in [-0.25, -0.2) is 0 Å². The molecule has 0 aromatic heterocycles. The van der Waals surface area contributed by atoms with Crippen LogP contribution in [-0.2, 0) is 4.74 Å². The Hall–Kier alpha value is -0.340. The zero-order valence-corrected chi connectivity index (χ0v) is 6.76. The smallest absolute Gasteiger partial charge is 0.0639 e. The molecule has 0 bridgehead atoms. The Kier molecular flexibility index (Phi) is 6.55. The first-order valence-corrected chi connectivity index (χ1v) is 3.56. The first-order chi connectivity index (χ1) is 4.81. The molecule has 2 heteroatoms. The van der Waals surface area contributed by atoms with Gasteiger partial charge < -0.3 is 9.84 Å². The molecule has 0 aliphatic rings. The fourth-order valence-corrected chi connectivity index (χ4v) is 0.641. The van der Waals surface area contributed by atoms with E-state index in [0.29, 0.717) is 0 Å². The second-order valence-corrected chi connectivity index (χ2v) is 2.34. The molecular weight excluding hydrogens is 128 g/mol. The van der Waals surface area contributed by atoms with Crippen LogP contribution in [0.25, 0.3) is 0 Å². The van der Waals surface area contributed by atoms with Gasteiger partial charge in [0.15, 0.2) is 0 Å². The monoisotopic (exact) mass is 144 g/mol. The van der Waals surface area contributed by atoms with Gasteiger partial charge >= 0.3 is 0 Å². The molecule has 0 aliphatic carbocycles. The summed E-state index contributed by atoms with van der Waals surface area (Å²) in [7, 11) is 1.70. The highest BCUT2D eigenvalue weighted by atomic mass is 16.5. The van der Waals surface area contributed by atoms with E-state index in [4.69, 9.17) is 9.84 Å². The molecule has 2 nitrogen and oxygen atoms in total. The second kappa shape index (κ2) is 6.78. The van der Waals surface area contributed by atoms with E-state index < -0.39 is 0 Å². The summed E-state index contributed by atoms with van der Waals surface area (Å²) >= 11 is 0. The quantitative estimate of drug-likeness (QED) is 0.466. The van der Waals surface area contributed by atoms with Gasteiger partial charge in [-0.15, -0.1) is 0 Å². The molecule has 0 saturated heterocycles. The first kappa shape index (κ1) is 9.66. The summed E-state index contributed by atoms with van der Waals surface area (Å²) in [6, 6.07) is 0. The van der Waals surface area contributed by atoms with Gasteiger partial charge in [-0.1, -0.05) is 11.6 Å². The van der Waals surface area contributed by atoms with Crippen LogP contribution in [-0.4, -0.2) is 25.4 Å². The Labute approximate surface area is 62.5 Å². The highest BCUT2D eigenvalue weighted by Gasteiger charge is 1.85. The maximum Gasteiger partial charge on any atom is 0.0639 e. The third-order valence-electron chi connectivity index (χ3n) is 1.29. The average Bonchev–Trinajstić information content (AvgIpc) is 1.98. The Morgan fingerprint density at radius 3 is 2.80 bits per heavy atom. The molecule has 60 valence electrons. The number of aliphatic hydroxyl groups is 1. The minimum absolute atomic E-state index is 0.174. The minimum atomic E-state index is 0.174.